The van der Waals surface area contributed by atoms with E-state index in [1.807, 2.05) is 12.5 Å². The van der Waals surface area contributed by atoms with Gasteiger partial charge in [-0.2, -0.15) is 0 Å². The Bertz CT molecular complexity index is 381. The van der Waals surface area contributed by atoms with E-state index in [-0.39, 0.29) is 6.04 Å². The third-order valence-corrected chi connectivity index (χ3v) is 4.08. The average Bonchev–Trinajstić information content (AvgIpc) is 3.08. The summed E-state index contributed by atoms with van der Waals surface area (Å²) >= 11 is 0. The lowest BCUT2D eigenvalue weighted by Crippen LogP contribution is -2.35. The molecule has 0 radical (unpaired) electrons. The number of likely N-dealkylation sites (N-methyl/N-ethyl adjacent to an activating group) is 1. The molecule has 2 atom stereocenters. The Morgan fingerprint density at radius 1 is 1.44 bits per heavy atom. The lowest BCUT2D eigenvalue weighted by molar-refractivity contribution is 0.223. The number of nitrogens with zero attached hydrogens (tertiary/aromatic N) is 3. The normalized spacial score (nSPS) is 19.5. The van der Waals surface area contributed by atoms with Crippen molar-refractivity contribution in [1.29, 1.82) is 0 Å². The van der Waals surface area contributed by atoms with Crippen LogP contribution in [-0.2, 0) is 6.54 Å². The quantitative estimate of drug-likeness (QED) is 0.840. The molecule has 0 amide bonds. The van der Waals surface area contributed by atoms with Crippen molar-refractivity contribution >= 4 is 0 Å². The molecule has 18 heavy (non-hydrogen) atoms. The van der Waals surface area contributed by atoms with Gasteiger partial charge in [0.1, 0.15) is 0 Å². The molecule has 2 unspecified atom stereocenters. The maximum atomic E-state index is 6.23. The summed E-state index contributed by atoms with van der Waals surface area (Å²) in [5.74, 6) is 0.442. The van der Waals surface area contributed by atoms with Crippen molar-refractivity contribution in [2.45, 2.75) is 58.3 Å². The molecule has 102 valence electrons. The standard InChI is InChI=1S/C14H26N4/c1-10(2)14(15)13-7-16-9-18(13)8-11(3)17(4)12-5-6-12/h7,9-12,14H,5-6,8,15H2,1-4H3. The number of hydrogen-bond acceptors (Lipinski definition) is 3. The Labute approximate surface area is 110 Å². The van der Waals surface area contributed by atoms with Gasteiger partial charge in [-0.15, -0.1) is 0 Å². The third-order valence-electron chi connectivity index (χ3n) is 4.08. The zero-order chi connectivity index (χ0) is 13.3. The average molecular weight is 250 g/mol. The Balaban J connectivity index is 2.02. The van der Waals surface area contributed by atoms with Gasteiger partial charge in [0, 0.05) is 30.9 Å². The Kier molecular flexibility index (Phi) is 4.07. The number of rotatable bonds is 6. The molecule has 1 saturated carbocycles. The maximum Gasteiger partial charge on any atom is 0.0949 e. The monoisotopic (exact) mass is 250 g/mol. The first-order chi connectivity index (χ1) is 8.50. The van der Waals surface area contributed by atoms with Crippen LogP contribution >= 0.6 is 0 Å². The number of nitrogens with two attached hydrogens (primary N) is 1. The van der Waals surface area contributed by atoms with E-state index in [1.165, 1.54) is 12.8 Å². The van der Waals surface area contributed by atoms with Crippen LogP contribution in [0.1, 0.15) is 45.3 Å². The predicted octanol–water partition coefficient (Wildman–Crippen LogP) is 2.02. The van der Waals surface area contributed by atoms with E-state index in [1.54, 1.807) is 0 Å². The van der Waals surface area contributed by atoms with Gasteiger partial charge in [-0.1, -0.05) is 13.8 Å². The Morgan fingerprint density at radius 2 is 2.11 bits per heavy atom. The van der Waals surface area contributed by atoms with E-state index in [9.17, 15) is 0 Å². The van der Waals surface area contributed by atoms with E-state index in [0.717, 1.165) is 18.3 Å². The van der Waals surface area contributed by atoms with Crippen molar-refractivity contribution < 1.29 is 0 Å². The van der Waals surface area contributed by atoms with Crippen molar-refractivity contribution in [2.24, 2.45) is 11.7 Å². The summed E-state index contributed by atoms with van der Waals surface area (Å²) in [6.45, 7) is 7.56. The maximum absolute atomic E-state index is 6.23. The van der Waals surface area contributed by atoms with E-state index in [4.69, 9.17) is 5.73 Å². The summed E-state index contributed by atoms with van der Waals surface area (Å²) < 4.78 is 2.22. The van der Waals surface area contributed by atoms with Crippen molar-refractivity contribution in [3.8, 4) is 0 Å². The van der Waals surface area contributed by atoms with Gasteiger partial charge in [0.2, 0.25) is 0 Å². The van der Waals surface area contributed by atoms with Crippen LogP contribution in [0, 0.1) is 5.92 Å². The number of imidazole rings is 1. The van der Waals surface area contributed by atoms with Crippen LogP contribution in [0.2, 0.25) is 0 Å². The van der Waals surface area contributed by atoms with Gasteiger partial charge in [-0.3, -0.25) is 4.90 Å². The second kappa shape index (κ2) is 5.41. The highest BCUT2D eigenvalue weighted by Crippen LogP contribution is 2.27. The van der Waals surface area contributed by atoms with Crippen LogP contribution in [0.15, 0.2) is 12.5 Å². The summed E-state index contributed by atoms with van der Waals surface area (Å²) in [7, 11) is 2.22. The smallest absolute Gasteiger partial charge is 0.0949 e. The largest absolute Gasteiger partial charge is 0.332 e. The molecule has 0 spiro atoms. The van der Waals surface area contributed by atoms with Gasteiger partial charge >= 0.3 is 0 Å². The third kappa shape index (κ3) is 2.93. The highest BCUT2D eigenvalue weighted by molar-refractivity contribution is 5.06. The first kappa shape index (κ1) is 13.6. The minimum atomic E-state index is 0.0749. The summed E-state index contributed by atoms with van der Waals surface area (Å²) in [6, 6.07) is 1.40. The topological polar surface area (TPSA) is 47.1 Å². The zero-order valence-corrected chi connectivity index (χ0v) is 12.0. The van der Waals surface area contributed by atoms with E-state index in [0.29, 0.717) is 12.0 Å². The summed E-state index contributed by atoms with van der Waals surface area (Å²) in [4.78, 5) is 6.74. The highest BCUT2D eigenvalue weighted by atomic mass is 15.2. The fourth-order valence-electron chi connectivity index (χ4n) is 2.36. The van der Waals surface area contributed by atoms with Crippen molar-refractivity contribution in [1.82, 2.24) is 14.5 Å². The van der Waals surface area contributed by atoms with Crippen LogP contribution in [0.4, 0.5) is 0 Å². The van der Waals surface area contributed by atoms with Gasteiger partial charge in [0.05, 0.1) is 12.0 Å². The van der Waals surface area contributed by atoms with Crippen molar-refractivity contribution in [3.63, 3.8) is 0 Å². The molecule has 1 aliphatic carbocycles. The minimum Gasteiger partial charge on any atom is -0.332 e. The number of aromatic nitrogens is 2. The lowest BCUT2D eigenvalue weighted by Gasteiger charge is -2.26. The van der Waals surface area contributed by atoms with Gasteiger partial charge < -0.3 is 10.3 Å². The SMILES string of the molecule is CC(C)C(N)c1cncn1CC(C)N(C)C1CC1. The van der Waals surface area contributed by atoms with E-state index >= 15 is 0 Å². The summed E-state index contributed by atoms with van der Waals surface area (Å²) in [5.41, 5.74) is 7.39. The van der Waals surface area contributed by atoms with Crippen LogP contribution < -0.4 is 5.73 Å². The molecule has 0 aromatic carbocycles. The second-order valence-corrected chi connectivity index (χ2v) is 5.99. The summed E-state index contributed by atoms with van der Waals surface area (Å²) in [5, 5.41) is 0. The molecule has 0 bridgehead atoms. The minimum absolute atomic E-state index is 0.0749. The van der Waals surface area contributed by atoms with Crippen LogP contribution in [-0.4, -0.2) is 33.6 Å². The van der Waals surface area contributed by atoms with E-state index < -0.39 is 0 Å². The van der Waals surface area contributed by atoms with Gasteiger partial charge in [0.25, 0.3) is 0 Å². The van der Waals surface area contributed by atoms with Gasteiger partial charge in [-0.05, 0) is 32.7 Å². The molecule has 1 aromatic heterocycles. The van der Waals surface area contributed by atoms with Crippen molar-refractivity contribution in [2.75, 3.05) is 7.05 Å². The molecule has 1 heterocycles. The molecule has 0 saturated heterocycles. The lowest BCUT2D eigenvalue weighted by atomic mass is 10.0. The van der Waals surface area contributed by atoms with Crippen LogP contribution in [0.3, 0.4) is 0 Å². The molecule has 2 N–H and O–H groups in total. The molecule has 1 fully saturated rings. The van der Waals surface area contributed by atoms with Crippen molar-refractivity contribution in [3.05, 3.63) is 18.2 Å². The summed E-state index contributed by atoms with van der Waals surface area (Å²) in [6.07, 6.45) is 6.52. The molecule has 2 rings (SSSR count). The van der Waals surface area contributed by atoms with Crippen LogP contribution in [0.5, 0.6) is 0 Å². The van der Waals surface area contributed by atoms with Gasteiger partial charge in [0.15, 0.2) is 0 Å². The second-order valence-electron chi connectivity index (χ2n) is 5.99. The number of hydrogen-bond donors (Lipinski definition) is 1. The van der Waals surface area contributed by atoms with Crippen LogP contribution in [0.25, 0.3) is 0 Å². The molecule has 1 aliphatic rings. The van der Waals surface area contributed by atoms with Gasteiger partial charge in [-0.25, -0.2) is 4.98 Å². The Hall–Kier alpha value is -0.870. The highest BCUT2D eigenvalue weighted by Gasteiger charge is 2.29. The molecule has 1 aromatic rings. The molecular weight excluding hydrogens is 224 g/mol. The predicted molar refractivity (Wildman–Crippen MR) is 74.2 cm³/mol. The Morgan fingerprint density at radius 3 is 2.67 bits per heavy atom. The first-order valence-corrected chi connectivity index (χ1v) is 6.98. The zero-order valence-electron chi connectivity index (χ0n) is 12.0. The fraction of sp³-hybridized carbons (Fsp3) is 0.786. The first-order valence-electron chi connectivity index (χ1n) is 6.98. The fourth-order valence-corrected chi connectivity index (χ4v) is 2.36. The molecule has 4 nitrogen and oxygen atoms in total. The molecule has 4 heteroatoms. The molecular formula is C14H26N4. The molecule has 0 aliphatic heterocycles. The van der Waals surface area contributed by atoms with E-state index in [2.05, 4.69) is 42.3 Å².